The highest BCUT2D eigenvalue weighted by Gasteiger charge is 2.72. The molecule has 0 aromatic carbocycles. The molecule has 10 nitrogen and oxygen atoms in total. The van der Waals surface area contributed by atoms with Crippen molar-refractivity contribution in [1.29, 1.82) is 0 Å². The molecule has 1 unspecified atom stereocenters. The van der Waals surface area contributed by atoms with E-state index in [1.165, 1.54) is 0 Å². The van der Waals surface area contributed by atoms with E-state index in [2.05, 4.69) is 52.8 Å². The number of carbonyl (C=O) groups is 5. The lowest BCUT2D eigenvalue weighted by Crippen LogP contribution is -2.68. The average Bonchev–Trinajstić information content (AvgIpc) is 3.43. The van der Waals surface area contributed by atoms with Gasteiger partial charge in [0.2, 0.25) is 11.8 Å². The normalized spacial score (nSPS) is 40.7. The third kappa shape index (κ3) is 5.84. The smallest absolute Gasteiger partial charge is 0.309 e. The first-order chi connectivity index (χ1) is 26.5. The number of esters is 1. The number of aliphatic carboxylic acids is 1. The fourth-order valence-corrected chi connectivity index (χ4v) is 14.5. The number of ether oxygens (including phenoxy) is 2. The zero-order valence-electron chi connectivity index (χ0n) is 36.3. The van der Waals surface area contributed by atoms with Crippen LogP contribution in [-0.2, 0) is 33.4 Å². The van der Waals surface area contributed by atoms with E-state index in [1.807, 2.05) is 13.8 Å². The van der Waals surface area contributed by atoms with Gasteiger partial charge < -0.3 is 24.8 Å². The van der Waals surface area contributed by atoms with Gasteiger partial charge >= 0.3 is 11.9 Å². The van der Waals surface area contributed by atoms with E-state index in [0.29, 0.717) is 51.5 Å². The minimum Gasteiger partial charge on any atom is -0.481 e. The molecule has 6 fully saturated rings. The second-order valence-corrected chi connectivity index (χ2v) is 21.7. The number of amides is 2. The number of carboxylic acids is 1. The molecule has 7 aliphatic rings. The van der Waals surface area contributed by atoms with Crippen molar-refractivity contribution in [3.8, 4) is 12.3 Å². The number of morpholine rings is 1. The first-order valence-electron chi connectivity index (χ1n) is 21.8. The Morgan fingerprint density at radius 3 is 2.18 bits per heavy atom. The minimum atomic E-state index is -1.33. The van der Waals surface area contributed by atoms with Crippen LogP contribution in [0.3, 0.4) is 0 Å². The topological polar surface area (TPSA) is 139 Å². The van der Waals surface area contributed by atoms with Gasteiger partial charge in [0.15, 0.2) is 5.78 Å². The summed E-state index contributed by atoms with van der Waals surface area (Å²) in [4.78, 5) is 69.5. The van der Waals surface area contributed by atoms with Crippen LogP contribution in [0.4, 0.5) is 0 Å². The van der Waals surface area contributed by atoms with Gasteiger partial charge in [-0.05, 0) is 123 Å². The zero-order chi connectivity index (χ0) is 41.9. The number of carboxylic acid groups (broad SMARTS) is 1. The summed E-state index contributed by atoms with van der Waals surface area (Å²) in [6.07, 6.45) is 13.6. The van der Waals surface area contributed by atoms with E-state index in [9.17, 15) is 29.1 Å². The molecule has 1 heterocycles. The van der Waals surface area contributed by atoms with Crippen LogP contribution in [0.2, 0.25) is 0 Å². The van der Waals surface area contributed by atoms with Crippen LogP contribution in [0.5, 0.6) is 0 Å². The van der Waals surface area contributed by atoms with Crippen LogP contribution in [0, 0.1) is 80.3 Å². The molecule has 0 aromatic heterocycles. The van der Waals surface area contributed by atoms with E-state index in [0.717, 1.165) is 49.7 Å². The Bertz CT molecular complexity index is 1810. The Kier molecular flexibility index (Phi) is 10.1. The van der Waals surface area contributed by atoms with Crippen molar-refractivity contribution >= 4 is 29.5 Å². The van der Waals surface area contributed by atoms with E-state index >= 15 is 0 Å². The molecule has 10 atom stereocenters. The number of nitrogens with zero attached hydrogens (tertiary/aromatic N) is 1. The summed E-state index contributed by atoms with van der Waals surface area (Å²) in [5.74, 6) is 1.37. The molecule has 57 heavy (non-hydrogen) atoms. The van der Waals surface area contributed by atoms with Crippen molar-refractivity contribution in [3.05, 3.63) is 11.1 Å². The molecule has 2 N–H and O–H groups in total. The molecule has 0 spiro atoms. The fraction of sp³-hybridized carbons (Fsp3) is 0.809. The number of allylic oxidation sites excluding steroid dienone is 1. The maximum atomic E-state index is 14.4. The molecule has 10 heteroatoms. The SMILES string of the molecule is C#C[C@@]12CC[C@@]3(NC(=O)C(C)(C)C(=O)N4CCOCC4)CC(=O)C(C(C)C)=C3[C@H]1CC[C@@H]1[C@@]3(C)CC[C@H](OC(=O)[C@H]4C[C@@H](C(=O)O)C4(C)C)C(C)(C)C3CC[C@]12C. The van der Waals surface area contributed by atoms with Gasteiger partial charge in [-0.15, -0.1) is 6.42 Å². The monoisotopic (exact) mass is 788 g/mol. The summed E-state index contributed by atoms with van der Waals surface area (Å²) >= 11 is 0. The fourth-order valence-electron chi connectivity index (χ4n) is 14.5. The van der Waals surface area contributed by atoms with Crippen molar-refractivity contribution in [2.24, 2.45) is 68.0 Å². The lowest BCUT2D eigenvalue weighted by molar-refractivity contribution is -0.228. The molecule has 0 radical (unpaired) electrons. The maximum Gasteiger partial charge on any atom is 0.309 e. The molecule has 2 amide bonds. The highest BCUT2D eigenvalue weighted by molar-refractivity contribution is 6.06. The lowest BCUT2D eigenvalue weighted by atomic mass is 9.33. The number of nitrogens with one attached hydrogen (secondary N) is 1. The Balaban J connectivity index is 1.17. The number of terminal acetylenes is 1. The molecule has 1 aliphatic heterocycles. The van der Waals surface area contributed by atoms with Gasteiger partial charge in [0, 0.05) is 30.3 Å². The molecule has 0 bridgehead atoms. The predicted octanol–water partition coefficient (Wildman–Crippen LogP) is 6.99. The summed E-state index contributed by atoms with van der Waals surface area (Å²) in [5.41, 5.74) is -2.13. The first-order valence-corrected chi connectivity index (χ1v) is 21.8. The van der Waals surface area contributed by atoms with Gasteiger partial charge in [0.25, 0.3) is 0 Å². The van der Waals surface area contributed by atoms with E-state index in [-0.39, 0.29) is 70.1 Å². The van der Waals surface area contributed by atoms with E-state index < -0.39 is 39.6 Å². The first kappa shape index (κ1) is 42.0. The van der Waals surface area contributed by atoms with Crippen LogP contribution < -0.4 is 5.32 Å². The molecule has 5 saturated carbocycles. The largest absolute Gasteiger partial charge is 0.481 e. The summed E-state index contributed by atoms with van der Waals surface area (Å²) < 4.78 is 11.9. The van der Waals surface area contributed by atoms with Gasteiger partial charge in [-0.1, -0.05) is 61.3 Å². The van der Waals surface area contributed by atoms with Crippen LogP contribution in [0.25, 0.3) is 0 Å². The third-order valence-electron chi connectivity index (χ3n) is 17.9. The van der Waals surface area contributed by atoms with Gasteiger partial charge in [-0.3, -0.25) is 24.0 Å². The molecule has 6 aliphatic carbocycles. The van der Waals surface area contributed by atoms with Gasteiger partial charge in [0.05, 0.1) is 30.6 Å². The summed E-state index contributed by atoms with van der Waals surface area (Å²) in [6, 6.07) is 0. The minimum absolute atomic E-state index is 0.0408. The second kappa shape index (κ2) is 13.7. The number of hydrogen-bond acceptors (Lipinski definition) is 7. The van der Waals surface area contributed by atoms with Crippen molar-refractivity contribution < 1.29 is 38.6 Å². The van der Waals surface area contributed by atoms with Crippen LogP contribution in [0.1, 0.15) is 133 Å². The standard InChI is InChI=1S/C47H68N2O8/c1-12-46-19-20-47(48-39(54)43(8,9)40(55)49-21-23-56-24-22-49)26-31(50)35(27(2)3)36(47)28(46)13-14-33-44(10)17-16-34(42(6,7)32(44)15-18-45(33,46)11)57-38(53)30-25-29(37(51)52)41(30,4)5/h1,27-30,32-34H,13-26H2,2-11H3,(H,48,54)(H,51,52)/t28-,29+,30-,32?,33-,34+,44+,45-,46-,47-/m1/s1. The summed E-state index contributed by atoms with van der Waals surface area (Å²) in [5, 5.41) is 13.1. The predicted molar refractivity (Wildman–Crippen MR) is 215 cm³/mol. The van der Waals surface area contributed by atoms with Gasteiger partial charge in [0.1, 0.15) is 11.5 Å². The Hall–Kier alpha value is -3.19. The number of Topliss-reactive ketones (excluding diaryl/α,β-unsaturated/α-hetero) is 1. The Morgan fingerprint density at radius 1 is 0.912 bits per heavy atom. The number of ketones is 1. The third-order valence-corrected chi connectivity index (χ3v) is 17.9. The van der Waals surface area contributed by atoms with Gasteiger partial charge in [-0.2, -0.15) is 0 Å². The van der Waals surface area contributed by atoms with E-state index in [4.69, 9.17) is 15.9 Å². The number of fused-ring (bicyclic) bond motifs is 7. The number of rotatable bonds is 7. The van der Waals surface area contributed by atoms with Crippen LogP contribution in [-0.4, -0.2) is 77.5 Å². The highest BCUT2D eigenvalue weighted by Crippen LogP contribution is 2.76. The number of carbonyl (C=O) groups excluding carboxylic acids is 4. The number of hydrogen-bond donors (Lipinski definition) is 2. The van der Waals surface area contributed by atoms with Crippen molar-refractivity contribution in [2.45, 2.75) is 145 Å². The lowest BCUT2D eigenvalue weighted by Gasteiger charge is -2.71. The second-order valence-electron chi connectivity index (χ2n) is 21.7. The molecular weight excluding hydrogens is 721 g/mol. The highest BCUT2D eigenvalue weighted by atomic mass is 16.5. The van der Waals surface area contributed by atoms with Crippen LogP contribution >= 0.6 is 0 Å². The summed E-state index contributed by atoms with van der Waals surface area (Å²) in [7, 11) is 0. The molecule has 7 rings (SSSR count). The summed E-state index contributed by atoms with van der Waals surface area (Å²) in [6.45, 7) is 22.4. The molecular formula is C47H68N2O8. The maximum absolute atomic E-state index is 14.4. The zero-order valence-corrected chi connectivity index (χ0v) is 36.3. The average molecular weight is 789 g/mol. The molecule has 314 valence electrons. The Morgan fingerprint density at radius 2 is 1.58 bits per heavy atom. The van der Waals surface area contributed by atoms with Crippen molar-refractivity contribution in [3.63, 3.8) is 0 Å². The molecule has 1 saturated heterocycles. The molecule has 0 aromatic rings. The van der Waals surface area contributed by atoms with Crippen LogP contribution in [0.15, 0.2) is 11.1 Å². The quantitative estimate of drug-likeness (QED) is 0.160. The van der Waals surface area contributed by atoms with E-state index in [1.54, 1.807) is 18.7 Å². The Labute approximate surface area is 340 Å². The van der Waals surface area contributed by atoms with Crippen molar-refractivity contribution in [2.75, 3.05) is 26.3 Å². The van der Waals surface area contributed by atoms with Crippen molar-refractivity contribution in [1.82, 2.24) is 10.2 Å². The van der Waals surface area contributed by atoms with Gasteiger partial charge in [-0.25, -0.2) is 0 Å².